The number of nitrogens with zero attached hydrogens (tertiary/aromatic N) is 2. The number of furan rings is 1. The predicted molar refractivity (Wildman–Crippen MR) is 126 cm³/mol. The highest BCUT2D eigenvalue weighted by Gasteiger charge is 2.34. The minimum absolute atomic E-state index is 0.0200. The van der Waals surface area contributed by atoms with E-state index in [1.807, 2.05) is 61.5 Å². The zero-order chi connectivity index (χ0) is 22.2. The van der Waals surface area contributed by atoms with Gasteiger partial charge in [-0.05, 0) is 42.3 Å². The van der Waals surface area contributed by atoms with Crippen LogP contribution >= 0.6 is 15.9 Å². The number of hydrogen-bond acceptors (Lipinski definition) is 5. The minimum atomic E-state index is -3.11. The van der Waals surface area contributed by atoms with Gasteiger partial charge in [0.05, 0.1) is 24.2 Å². The maximum Gasteiger partial charge on any atom is 0.227 e. The van der Waals surface area contributed by atoms with Crippen molar-refractivity contribution in [3.63, 3.8) is 0 Å². The number of benzene rings is 2. The molecule has 2 heterocycles. The Bertz CT molecular complexity index is 1200. The van der Waals surface area contributed by atoms with Crippen LogP contribution in [-0.4, -0.2) is 50.9 Å². The molecular weight excluding hydrogens is 480 g/mol. The molecule has 0 N–H and O–H groups in total. The maximum atomic E-state index is 13.4. The average Bonchev–Trinajstić information content (AvgIpc) is 3.28. The Morgan fingerprint density at radius 2 is 1.90 bits per heavy atom. The second-order valence-electron chi connectivity index (χ2n) is 8.22. The molecule has 3 aromatic rings. The van der Waals surface area contributed by atoms with Gasteiger partial charge in [0.2, 0.25) is 5.91 Å². The molecule has 1 amide bonds. The van der Waals surface area contributed by atoms with Crippen molar-refractivity contribution >= 4 is 48.3 Å². The van der Waals surface area contributed by atoms with Crippen LogP contribution in [0.1, 0.15) is 17.5 Å². The van der Waals surface area contributed by atoms with E-state index in [9.17, 15) is 13.2 Å². The average molecular weight is 505 g/mol. The monoisotopic (exact) mass is 504 g/mol. The lowest BCUT2D eigenvalue weighted by Crippen LogP contribution is -2.41. The molecular formula is C23H25BrN2O4S. The Kier molecular flexibility index (Phi) is 6.12. The topological polar surface area (TPSA) is 70.8 Å². The Labute approximate surface area is 190 Å². The molecule has 31 heavy (non-hydrogen) atoms. The molecule has 1 fully saturated rings. The lowest BCUT2D eigenvalue weighted by molar-refractivity contribution is -0.133. The molecule has 2 aromatic carbocycles. The summed E-state index contributed by atoms with van der Waals surface area (Å²) in [6.45, 7) is 0.381. The number of anilines is 1. The van der Waals surface area contributed by atoms with Crippen molar-refractivity contribution in [2.24, 2.45) is 0 Å². The van der Waals surface area contributed by atoms with E-state index in [1.54, 1.807) is 11.2 Å². The van der Waals surface area contributed by atoms with Gasteiger partial charge in [-0.15, -0.1) is 0 Å². The second-order valence-corrected chi connectivity index (χ2v) is 11.4. The molecule has 0 saturated carbocycles. The summed E-state index contributed by atoms with van der Waals surface area (Å²) >= 11 is 3.47. The maximum absolute atomic E-state index is 13.4. The summed E-state index contributed by atoms with van der Waals surface area (Å²) in [7, 11) is 0.836. The van der Waals surface area contributed by atoms with Gasteiger partial charge in [0.15, 0.2) is 9.84 Å². The van der Waals surface area contributed by atoms with Gasteiger partial charge in [-0.3, -0.25) is 4.79 Å². The van der Waals surface area contributed by atoms with Gasteiger partial charge < -0.3 is 14.2 Å². The van der Waals surface area contributed by atoms with Crippen molar-refractivity contribution in [2.75, 3.05) is 30.5 Å². The Hall–Kier alpha value is -2.32. The first-order valence-electron chi connectivity index (χ1n) is 10.1. The zero-order valence-electron chi connectivity index (χ0n) is 17.5. The molecule has 0 spiro atoms. The van der Waals surface area contributed by atoms with Crippen LogP contribution in [0.5, 0.6) is 0 Å². The normalized spacial score (nSPS) is 17.7. The number of sulfone groups is 1. The van der Waals surface area contributed by atoms with Gasteiger partial charge in [-0.2, -0.15) is 0 Å². The van der Waals surface area contributed by atoms with Crippen molar-refractivity contribution in [1.82, 2.24) is 4.90 Å². The molecule has 4 rings (SSSR count). The minimum Gasteiger partial charge on any atom is -0.464 e. The van der Waals surface area contributed by atoms with Crippen molar-refractivity contribution in [1.29, 1.82) is 0 Å². The third-order valence-corrected chi connectivity index (χ3v) is 7.98. The largest absolute Gasteiger partial charge is 0.464 e. The number of fused-ring (bicyclic) bond motifs is 1. The Morgan fingerprint density at radius 1 is 1.16 bits per heavy atom. The van der Waals surface area contributed by atoms with E-state index in [4.69, 9.17) is 4.42 Å². The molecule has 1 saturated heterocycles. The Balaban J connectivity index is 1.60. The summed E-state index contributed by atoms with van der Waals surface area (Å²) in [6, 6.07) is 13.4. The fraction of sp³-hybridized carbons (Fsp3) is 0.348. The van der Waals surface area contributed by atoms with E-state index >= 15 is 0 Å². The lowest BCUT2D eigenvalue weighted by Gasteiger charge is -2.28. The fourth-order valence-corrected chi connectivity index (χ4v) is 6.09. The Morgan fingerprint density at radius 3 is 2.55 bits per heavy atom. The van der Waals surface area contributed by atoms with Crippen LogP contribution in [0.4, 0.5) is 5.69 Å². The number of rotatable bonds is 6. The quantitative estimate of drug-likeness (QED) is 0.506. The molecule has 1 unspecified atom stereocenters. The van der Waals surface area contributed by atoms with Crippen molar-refractivity contribution in [3.05, 3.63) is 64.3 Å². The number of carbonyl (C=O) groups excluding carboxylic acids is 1. The molecule has 0 bridgehead atoms. The lowest BCUT2D eigenvalue weighted by atomic mass is 10.1. The molecule has 0 radical (unpaired) electrons. The molecule has 1 atom stereocenters. The summed E-state index contributed by atoms with van der Waals surface area (Å²) in [5, 5.41) is 0.886. The van der Waals surface area contributed by atoms with Gasteiger partial charge in [0.25, 0.3) is 0 Å². The van der Waals surface area contributed by atoms with Gasteiger partial charge in [-0.1, -0.05) is 28.1 Å². The van der Waals surface area contributed by atoms with Crippen LogP contribution in [-0.2, 0) is 27.6 Å². The van der Waals surface area contributed by atoms with Crippen LogP contribution in [0.3, 0.4) is 0 Å². The number of hydrogen-bond donors (Lipinski definition) is 0. The highest BCUT2D eigenvalue weighted by molar-refractivity contribution is 9.10. The highest BCUT2D eigenvalue weighted by atomic mass is 79.9. The van der Waals surface area contributed by atoms with E-state index in [-0.39, 0.29) is 29.9 Å². The van der Waals surface area contributed by atoms with E-state index in [2.05, 4.69) is 15.9 Å². The first-order valence-corrected chi connectivity index (χ1v) is 12.7. The van der Waals surface area contributed by atoms with Gasteiger partial charge in [0, 0.05) is 47.8 Å². The molecule has 8 heteroatoms. The summed E-state index contributed by atoms with van der Waals surface area (Å²) in [4.78, 5) is 17.1. The van der Waals surface area contributed by atoms with Crippen molar-refractivity contribution in [3.8, 4) is 0 Å². The number of amides is 1. The molecule has 1 aliphatic rings. The van der Waals surface area contributed by atoms with E-state index in [0.29, 0.717) is 13.0 Å². The van der Waals surface area contributed by atoms with Gasteiger partial charge >= 0.3 is 0 Å². The molecule has 6 nitrogen and oxygen atoms in total. The zero-order valence-corrected chi connectivity index (χ0v) is 19.9. The van der Waals surface area contributed by atoms with Crippen LogP contribution in [0.25, 0.3) is 11.0 Å². The SMILES string of the molecule is CN(C)c1ccc(CN(C(=O)Cc2coc3ccc(Br)cc23)C2CCS(=O)(=O)C2)cc1. The van der Waals surface area contributed by atoms with Crippen LogP contribution in [0.15, 0.2) is 57.6 Å². The van der Waals surface area contributed by atoms with Crippen LogP contribution in [0.2, 0.25) is 0 Å². The molecule has 164 valence electrons. The highest BCUT2D eigenvalue weighted by Crippen LogP contribution is 2.27. The third-order valence-electron chi connectivity index (χ3n) is 5.73. The molecule has 1 aliphatic heterocycles. The van der Waals surface area contributed by atoms with Crippen molar-refractivity contribution in [2.45, 2.75) is 25.4 Å². The molecule has 0 aliphatic carbocycles. The van der Waals surface area contributed by atoms with Gasteiger partial charge in [0.1, 0.15) is 5.58 Å². The van der Waals surface area contributed by atoms with Crippen LogP contribution < -0.4 is 4.90 Å². The van der Waals surface area contributed by atoms with E-state index in [1.165, 1.54) is 0 Å². The van der Waals surface area contributed by atoms with Crippen molar-refractivity contribution < 1.29 is 17.6 Å². The standard InChI is InChI=1S/C23H25BrN2O4S/c1-25(2)19-6-3-16(4-7-19)13-26(20-9-10-31(28,29)15-20)23(27)11-17-14-30-22-8-5-18(24)12-21(17)22/h3-8,12,14,20H,9-11,13,15H2,1-2H3. The van der Waals surface area contributed by atoms with Crippen LogP contribution in [0, 0.1) is 0 Å². The predicted octanol–water partition coefficient (Wildman–Crippen LogP) is 4.02. The fourth-order valence-electron chi connectivity index (χ4n) is 3.99. The third kappa shape index (κ3) is 4.96. The van der Waals surface area contributed by atoms with E-state index in [0.717, 1.165) is 32.3 Å². The first kappa shape index (κ1) is 21.9. The summed E-state index contributed by atoms with van der Waals surface area (Å²) < 4.78 is 30.7. The summed E-state index contributed by atoms with van der Waals surface area (Å²) in [6.07, 6.45) is 2.25. The second kappa shape index (κ2) is 8.67. The summed E-state index contributed by atoms with van der Waals surface area (Å²) in [5.41, 5.74) is 3.57. The first-order chi connectivity index (χ1) is 14.7. The summed E-state index contributed by atoms with van der Waals surface area (Å²) in [5.74, 6) is 0.0518. The van der Waals surface area contributed by atoms with Gasteiger partial charge in [-0.25, -0.2) is 8.42 Å². The molecule has 1 aromatic heterocycles. The number of carbonyl (C=O) groups is 1. The number of halogens is 1. The smallest absolute Gasteiger partial charge is 0.227 e. The van der Waals surface area contributed by atoms with E-state index < -0.39 is 9.84 Å².